The molecule has 0 unspecified atom stereocenters. The number of halogens is 4. The molecule has 0 aliphatic rings. The van der Waals surface area contributed by atoms with Crippen LogP contribution in [0.1, 0.15) is 0 Å². The average Bonchev–Trinajstić information content (AvgIpc) is 1.79. The van der Waals surface area contributed by atoms with Crippen molar-refractivity contribution >= 4 is 80.1 Å². The van der Waals surface area contributed by atoms with Crippen LogP contribution in [0, 0.1) is 0 Å². The van der Waals surface area contributed by atoms with Crippen molar-refractivity contribution in [3.05, 3.63) is 0 Å². The van der Waals surface area contributed by atoms with E-state index >= 15 is 0 Å². The molecule has 0 saturated heterocycles. The Balaban J connectivity index is 5.01. The number of hydrogen-bond acceptors (Lipinski definition) is 1. The van der Waals surface area contributed by atoms with Crippen LogP contribution in [-0.4, -0.2) is 34.4 Å². The molecule has 14 heavy (non-hydrogen) atoms. The highest BCUT2D eigenvalue weighted by Crippen LogP contribution is 2.95. The molecule has 0 atom stereocenters. The van der Waals surface area contributed by atoms with E-state index in [4.69, 9.17) is 42.7 Å². The van der Waals surface area contributed by atoms with Crippen molar-refractivity contribution < 1.29 is 0 Å². The third-order valence-corrected chi connectivity index (χ3v) is 24.6. The molecule has 94 valence electrons. The number of rotatable bonds is 4. The summed E-state index contributed by atoms with van der Waals surface area (Å²) in [7, 11) is 20.9. The van der Waals surface area contributed by atoms with Gasteiger partial charge < -0.3 is 0 Å². The zero-order chi connectivity index (χ0) is 11.7. The SMILES string of the molecule is C[SH](C)N([SH](C)C)S(Cl)(Cl)S(C)(Cl)Cl. The van der Waals surface area contributed by atoms with Crippen LogP contribution in [0.15, 0.2) is 0 Å². The van der Waals surface area contributed by atoms with E-state index in [1.807, 2.05) is 0 Å². The lowest BCUT2D eigenvalue weighted by Crippen LogP contribution is -2.14. The van der Waals surface area contributed by atoms with E-state index in [2.05, 4.69) is 28.1 Å². The van der Waals surface area contributed by atoms with Crippen molar-refractivity contribution in [3.8, 4) is 0 Å². The summed E-state index contributed by atoms with van der Waals surface area (Å²) >= 11 is -0.737. The quantitative estimate of drug-likeness (QED) is 0.506. The molecule has 0 aliphatic carbocycles. The fourth-order valence-electron chi connectivity index (χ4n) is 0.855. The smallest absolute Gasteiger partial charge is 0.0488 e. The zero-order valence-electron chi connectivity index (χ0n) is 8.67. The standard InChI is InChI=1S/C5H17Cl4NS4/c1-11(2)10(12(3)4)14(8,9)13(5,6)7/h11-12H,1-5H3. The maximum atomic E-state index is 6.35. The van der Waals surface area contributed by atoms with E-state index < -0.39 is 15.2 Å². The topological polar surface area (TPSA) is 3.24 Å². The van der Waals surface area contributed by atoms with Crippen LogP contribution in [0.25, 0.3) is 0 Å². The second-order valence-electron chi connectivity index (χ2n) is 3.00. The van der Waals surface area contributed by atoms with Crippen molar-refractivity contribution in [2.45, 2.75) is 0 Å². The van der Waals surface area contributed by atoms with Crippen molar-refractivity contribution in [3.63, 3.8) is 0 Å². The van der Waals surface area contributed by atoms with Gasteiger partial charge in [-0.15, -0.1) is 0 Å². The molecule has 0 N–H and O–H groups in total. The van der Waals surface area contributed by atoms with Crippen LogP contribution in [0.4, 0.5) is 0 Å². The van der Waals surface area contributed by atoms with Gasteiger partial charge in [-0.05, 0) is 75.2 Å². The molecule has 9 heteroatoms. The Morgan fingerprint density at radius 3 is 1.21 bits per heavy atom. The van der Waals surface area contributed by atoms with Gasteiger partial charge in [-0.1, -0.05) is 0 Å². The van der Waals surface area contributed by atoms with Gasteiger partial charge in [-0.25, -0.2) is 0 Å². The first-order valence-electron chi connectivity index (χ1n) is 3.56. The summed E-state index contributed by atoms with van der Waals surface area (Å²) in [4.78, 5) is 0. The lowest BCUT2D eigenvalue weighted by Gasteiger charge is -2.51. The van der Waals surface area contributed by atoms with Gasteiger partial charge in [-0.2, -0.15) is 25.3 Å². The molecule has 0 radical (unpaired) electrons. The Labute approximate surface area is 113 Å². The minimum Gasteiger partial charge on any atom is -0.184 e. The van der Waals surface area contributed by atoms with Crippen LogP contribution in [-0.2, 0) is 0 Å². The van der Waals surface area contributed by atoms with E-state index in [0.29, 0.717) is 0 Å². The Kier molecular flexibility index (Phi) is 6.98. The van der Waals surface area contributed by atoms with Gasteiger partial charge in [-0.3, -0.25) is 0 Å². The third kappa shape index (κ3) is 4.08. The van der Waals surface area contributed by atoms with Gasteiger partial charge in [0.25, 0.3) is 0 Å². The summed E-state index contributed by atoms with van der Waals surface area (Å²) in [6, 6.07) is 0. The molecule has 0 aromatic heterocycles. The molecule has 0 spiro atoms. The maximum absolute atomic E-state index is 6.35. The van der Waals surface area contributed by atoms with Crippen molar-refractivity contribution in [1.82, 2.24) is 3.12 Å². The Hall–Kier alpha value is 2.52. The molecule has 0 heterocycles. The predicted octanol–water partition coefficient (Wildman–Crippen LogP) is 5.32. The van der Waals surface area contributed by atoms with Crippen LogP contribution >= 0.6 is 80.1 Å². The largest absolute Gasteiger partial charge is 0.184 e. The summed E-state index contributed by atoms with van der Waals surface area (Å²) < 4.78 is 2.12. The minimum absolute atomic E-state index is 0.368. The highest BCUT2D eigenvalue weighted by molar-refractivity contribution is 9.33. The Bertz CT molecular complexity index is 185. The second kappa shape index (κ2) is 5.91. The summed E-state index contributed by atoms with van der Waals surface area (Å²) in [5.41, 5.74) is 0. The molecule has 0 aromatic rings. The van der Waals surface area contributed by atoms with E-state index in [1.165, 1.54) is 0 Å². The summed E-state index contributed by atoms with van der Waals surface area (Å²) in [6.45, 7) is 0. The van der Waals surface area contributed by atoms with Crippen LogP contribution < -0.4 is 0 Å². The molecule has 0 bridgehead atoms. The van der Waals surface area contributed by atoms with Crippen molar-refractivity contribution in [1.29, 1.82) is 0 Å². The van der Waals surface area contributed by atoms with E-state index in [0.717, 1.165) is 0 Å². The average molecular weight is 361 g/mol. The molecular formula is C5H17Cl4NS4. The summed E-state index contributed by atoms with van der Waals surface area (Å²) in [5, 5.41) is 0. The maximum Gasteiger partial charge on any atom is 0.0488 e. The minimum atomic E-state index is -2.09. The Morgan fingerprint density at radius 1 is 0.857 bits per heavy atom. The zero-order valence-corrected chi connectivity index (χ0v) is 15.1. The first kappa shape index (κ1) is 16.5. The van der Waals surface area contributed by atoms with Crippen LogP contribution in [0.5, 0.6) is 0 Å². The first-order valence-corrected chi connectivity index (χ1v) is 15.4. The van der Waals surface area contributed by atoms with Gasteiger partial charge in [0, 0.05) is 13.9 Å². The van der Waals surface area contributed by atoms with Gasteiger partial charge in [0.1, 0.15) is 0 Å². The molecule has 0 saturated carbocycles. The lowest BCUT2D eigenvalue weighted by atomic mass is 11.9. The van der Waals surface area contributed by atoms with Gasteiger partial charge in [0.05, 0.1) is 0 Å². The van der Waals surface area contributed by atoms with E-state index in [9.17, 15) is 0 Å². The molecule has 1 nitrogen and oxygen atoms in total. The summed E-state index contributed by atoms with van der Waals surface area (Å²) in [6.07, 6.45) is 10.2. The molecule has 0 aliphatic heterocycles. The monoisotopic (exact) mass is 359 g/mol. The lowest BCUT2D eigenvalue weighted by molar-refractivity contribution is 1.26. The highest BCUT2D eigenvalue weighted by atomic mass is 36.1. The molecular weight excluding hydrogens is 344 g/mol. The van der Waals surface area contributed by atoms with Gasteiger partial charge in [0.15, 0.2) is 0 Å². The fraction of sp³-hybridized carbons (Fsp3) is 1.00. The van der Waals surface area contributed by atoms with Crippen LogP contribution in [0.2, 0.25) is 0 Å². The van der Waals surface area contributed by atoms with Gasteiger partial charge in [0.2, 0.25) is 0 Å². The van der Waals surface area contributed by atoms with Gasteiger partial charge >= 0.3 is 0 Å². The van der Waals surface area contributed by atoms with E-state index in [1.54, 1.807) is 6.26 Å². The first-order chi connectivity index (χ1) is 6.01. The predicted molar refractivity (Wildman–Crippen MR) is 88.0 cm³/mol. The second-order valence-corrected chi connectivity index (χ2v) is 23.5. The van der Waals surface area contributed by atoms with E-state index in [-0.39, 0.29) is 22.2 Å². The molecule has 0 fully saturated rings. The summed E-state index contributed by atoms with van der Waals surface area (Å²) in [5.74, 6) is 0. The van der Waals surface area contributed by atoms with Crippen molar-refractivity contribution in [2.24, 2.45) is 0 Å². The number of hydrogen-bond donors (Lipinski definition) is 2. The Morgan fingerprint density at radius 2 is 1.14 bits per heavy atom. The molecule has 0 aromatic carbocycles. The van der Waals surface area contributed by atoms with Crippen molar-refractivity contribution in [2.75, 3.05) is 31.3 Å². The highest BCUT2D eigenvalue weighted by Gasteiger charge is 2.41. The fourth-order valence-corrected chi connectivity index (χ4v) is 19.4. The van der Waals surface area contributed by atoms with Crippen LogP contribution in [0.3, 0.4) is 0 Å². The number of thiol groups is 2. The molecule has 0 rings (SSSR count). The third-order valence-electron chi connectivity index (χ3n) is 1.23. The number of nitrogens with zero attached hydrogens (tertiary/aromatic N) is 1. The normalized spacial score (nSPS) is 18.1. The molecule has 0 amide bonds.